The van der Waals surface area contributed by atoms with Gasteiger partial charge in [0.2, 0.25) is 0 Å². The Morgan fingerprint density at radius 2 is 2.09 bits per heavy atom. The van der Waals surface area contributed by atoms with Crippen molar-refractivity contribution in [2.45, 2.75) is 11.8 Å². The number of aromatic amines is 1. The molecule has 8 heteroatoms. The van der Waals surface area contributed by atoms with Crippen molar-refractivity contribution >= 4 is 21.7 Å². The van der Waals surface area contributed by atoms with Crippen LogP contribution in [0.5, 0.6) is 0 Å². The van der Waals surface area contributed by atoms with Crippen molar-refractivity contribution in [3.05, 3.63) is 47.3 Å². The summed E-state index contributed by atoms with van der Waals surface area (Å²) in [6, 6.07) is 8.94. The third-order valence-electron chi connectivity index (χ3n) is 2.86. The molecule has 0 fully saturated rings. The van der Waals surface area contributed by atoms with E-state index in [1.165, 1.54) is 37.4 Å². The van der Waals surface area contributed by atoms with Gasteiger partial charge in [-0.25, -0.2) is 13.2 Å². The number of anilines is 1. The molecule has 0 spiro atoms. The van der Waals surface area contributed by atoms with Crippen molar-refractivity contribution in [1.29, 1.82) is 5.26 Å². The molecule has 0 radical (unpaired) electrons. The van der Waals surface area contributed by atoms with Gasteiger partial charge in [0.25, 0.3) is 10.0 Å². The summed E-state index contributed by atoms with van der Waals surface area (Å²) >= 11 is 0. The summed E-state index contributed by atoms with van der Waals surface area (Å²) in [6.07, 6.45) is 0. The number of nitriles is 1. The lowest BCUT2D eigenvalue weighted by Crippen LogP contribution is -2.15. The number of nitrogens with one attached hydrogen (secondary N) is 2. The number of aromatic nitrogens is 1. The van der Waals surface area contributed by atoms with Gasteiger partial charge < -0.3 is 9.72 Å². The van der Waals surface area contributed by atoms with Crippen LogP contribution in [-0.2, 0) is 14.8 Å². The molecular formula is C14H13N3O4S. The molecule has 0 aliphatic rings. The molecule has 0 aliphatic carbocycles. The Bertz CT molecular complexity index is 862. The number of rotatable bonds is 4. The average Bonchev–Trinajstić information content (AvgIpc) is 2.86. The molecule has 2 N–H and O–H groups in total. The smallest absolute Gasteiger partial charge is 0.356 e. The normalized spacial score (nSPS) is 10.8. The molecule has 2 aromatic rings. The van der Waals surface area contributed by atoms with Crippen molar-refractivity contribution in [3.63, 3.8) is 0 Å². The molecule has 114 valence electrons. The highest BCUT2D eigenvalue weighted by Gasteiger charge is 2.21. The first-order valence-corrected chi connectivity index (χ1v) is 7.66. The van der Waals surface area contributed by atoms with Gasteiger partial charge in [0, 0.05) is 5.69 Å². The van der Waals surface area contributed by atoms with Gasteiger partial charge in [-0.05, 0) is 31.2 Å². The zero-order valence-electron chi connectivity index (χ0n) is 11.9. The topological polar surface area (TPSA) is 112 Å². The van der Waals surface area contributed by atoms with E-state index in [0.29, 0.717) is 5.69 Å². The van der Waals surface area contributed by atoms with Crippen LogP contribution >= 0.6 is 0 Å². The zero-order valence-corrected chi connectivity index (χ0v) is 12.7. The number of hydrogen-bond acceptors (Lipinski definition) is 5. The number of ether oxygens (including phenoxy) is 1. The third kappa shape index (κ3) is 3.10. The zero-order chi connectivity index (χ0) is 16.3. The Hall–Kier alpha value is -2.79. The second kappa shape index (κ2) is 5.91. The largest absolute Gasteiger partial charge is 0.464 e. The van der Waals surface area contributed by atoms with Crippen LogP contribution in [0.2, 0.25) is 0 Å². The number of hydrogen-bond donors (Lipinski definition) is 2. The predicted octanol–water partition coefficient (Wildman–Crippen LogP) is 1.78. The Kier molecular flexibility index (Phi) is 4.19. The Morgan fingerprint density at radius 1 is 1.36 bits per heavy atom. The molecule has 0 saturated heterocycles. The minimum absolute atomic E-state index is 0.0139. The van der Waals surface area contributed by atoms with Crippen LogP contribution in [0.15, 0.2) is 35.2 Å². The molecule has 0 bridgehead atoms. The quantitative estimate of drug-likeness (QED) is 0.834. The number of H-pyrrole nitrogens is 1. The van der Waals surface area contributed by atoms with E-state index in [1.54, 1.807) is 6.92 Å². The number of benzene rings is 1. The fourth-order valence-electron chi connectivity index (χ4n) is 1.87. The van der Waals surface area contributed by atoms with Crippen LogP contribution in [0.1, 0.15) is 21.7 Å². The number of nitrogens with zero attached hydrogens (tertiary/aromatic N) is 1. The van der Waals surface area contributed by atoms with Crippen LogP contribution in [-0.4, -0.2) is 26.5 Å². The van der Waals surface area contributed by atoms with Crippen molar-refractivity contribution in [2.75, 3.05) is 11.8 Å². The number of esters is 1. The molecule has 7 nitrogen and oxygen atoms in total. The maximum Gasteiger partial charge on any atom is 0.356 e. The maximum atomic E-state index is 12.4. The number of methoxy groups -OCH3 is 1. The van der Waals surface area contributed by atoms with E-state index in [4.69, 9.17) is 5.26 Å². The molecular weight excluding hydrogens is 306 g/mol. The first kappa shape index (κ1) is 15.6. The highest BCUT2D eigenvalue weighted by molar-refractivity contribution is 7.92. The van der Waals surface area contributed by atoms with Gasteiger partial charge >= 0.3 is 5.97 Å². The predicted molar refractivity (Wildman–Crippen MR) is 78.8 cm³/mol. The molecule has 1 aromatic heterocycles. The van der Waals surface area contributed by atoms with E-state index in [2.05, 4.69) is 14.4 Å². The molecule has 0 unspecified atom stereocenters. The van der Waals surface area contributed by atoms with E-state index in [-0.39, 0.29) is 21.8 Å². The summed E-state index contributed by atoms with van der Waals surface area (Å²) in [5.74, 6) is -0.684. The molecule has 2 rings (SSSR count). The summed E-state index contributed by atoms with van der Waals surface area (Å²) < 4.78 is 31.6. The summed E-state index contributed by atoms with van der Waals surface area (Å²) in [5, 5.41) is 8.84. The van der Waals surface area contributed by atoms with Gasteiger partial charge in [-0.3, -0.25) is 4.72 Å². The summed E-state index contributed by atoms with van der Waals surface area (Å²) in [7, 11) is -2.72. The monoisotopic (exact) mass is 319 g/mol. The number of carbonyl (C=O) groups excluding carboxylic acids is 1. The highest BCUT2D eigenvalue weighted by Crippen LogP contribution is 2.22. The fourth-order valence-corrected chi connectivity index (χ4v) is 2.98. The Labute approximate surface area is 127 Å². The van der Waals surface area contributed by atoms with Gasteiger partial charge in [-0.2, -0.15) is 5.26 Å². The van der Waals surface area contributed by atoms with Crippen LogP contribution in [0, 0.1) is 18.3 Å². The van der Waals surface area contributed by atoms with E-state index in [1.807, 2.05) is 6.07 Å². The van der Waals surface area contributed by atoms with Crippen molar-refractivity contribution in [1.82, 2.24) is 4.98 Å². The van der Waals surface area contributed by atoms with E-state index in [9.17, 15) is 13.2 Å². The minimum Gasteiger partial charge on any atom is -0.464 e. The molecule has 0 aliphatic heterocycles. The standard InChI is InChI=1S/C14H13N3O4S/c1-9-6-12(13(16-9)14(18)21-2)17-22(19,20)11-5-3-4-10(7-11)8-15/h3-7,16-17H,1-2H3. The van der Waals surface area contributed by atoms with E-state index >= 15 is 0 Å². The van der Waals surface area contributed by atoms with Gasteiger partial charge in [0.05, 0.1) is 29.3 Å². The first-order valence-electron chi connectivity index (χ1n) is 6.18. The van der Waals surface area contributed by atoms with Crippen LogP contribution in [0.4, 0.5) is 5.69 Å². The second-order valence-corrected chi connectivity index (χ2v) is 6.16. The first-order chi connectivity index (χ1) is 10.4. The third-order valence-corrected chi connectivity index (χ3v) is 4.22. The van der Waals surface area contributed by atoms with Crippen molar-refractivity contribution < 1.29 is 17.9 Å². The number of carbonyl (C=O) groups is 1. The lowest BCUT2D eigenvalue weighted by molar-refractivity contribution is 0.0596. The second-order valence-electron chi connectivity index (χ2n) is 4.48. The van der Waals surface area contributed by atoms with Crippen LogP contribution in [0.25, 0.3) is 0 Å². The molecule has 0 atom stereocenters. The number of aryl methyl sites for hydroxylation is 1. The molecule has 22 heavy (non-hydrogen) atoms. The SMILES string of the molecule is COC(=O)c1[nH]c(C)cc1NS(=O)(=O)c1cccc(C#N)c1. The van der Waals surface area contributed by atoms with E-state index < -0.39 is 16.0 Å². The lowest BCUT2D eigenvalue weighted by atomic mass is 10.2. The Morgan fingerprint density at radius 3 is 2.73 bits per heavy atom. The highest BCUT2D eigenvalue weighted by atomic mass is 32.2. The fraction of sp³-hybridized carbons (Fsp3) is 0.143. The number of sulfonamides is 1. The van der Waals surface area contributed by atoms with Crippen molar-refractivity contribution in [2.24, 2.45) is 0 Å². The summed E-state index contributed by atoms with van der Waals surface area (Å²) in [4.78, 5) is 14.3. The lowest BCUT2D eigenvalue weighted by Gasteiger charge is -2.08. The van der Waals surface area contributed by atoms with E-state index in [0.717, 1.165) is 0 Å². The van der Waals surface area contributed by atoms with Gasteiger partial charge in [0.15, 0.2) is 0 Å². The molecule has 0 saturated carbocycles. The van der Waals surface area contributed by atoms with Crippen LogP contribution in [0.3, 0.4) is 0 Å². The summed E-state index contributed by atoms with van der Waals surface area (Å²) in [5.41, 5.74) is 0.928. The van der Waals surface area contributed by atoms with Gasteiger partial charge in [0.1, 0.15) is 5.69 Å². The summed E-state index contributed by atoms with van der Waals surface area (Å²) in [6.45, 7) is 1.68. The average molecular weight is 319 g/mol. The maximum absolute atomic E-state index is 12.4. The van der Waals surface area contributed by atoms with Gasteiger partial charge in [-0.15, -0.1) is 0 Å². The Balaban J connectivity index is 2.41. The van der Waals surface area contributed by atoms with Gasteiger partial charge in [-0.1, -0.05) is 6.07 Å². The van der Waals surface area contributed by atoms with Crippen molar-refractivity contribution in [3.8, 4) is 6.07 Å². The molecule has 1 heterocycles. The van der Waals surface area contributed by atoms with Crippen LogP contribution < -0.4 is 4.72 Å². The minimum atomic E-state index is -3.93. The molecule has 0 amide bonds. The molecule has 1 aromatic carbocycles.